The van der Waals surface area contributed by atoms with Gasteiger partial charge < -0.3 is 28.4 Å². The second-order valence-corrected chi connectivity index (χ2v) is 17.6. The molecule has 4 aliphatic rings. The van der Waals surface area contributed by atoms with E-state index in [4.69, 9.17) is 28.4 Å². The highest BCUT2D eigenvalue weighted by Crippen LogP contribution is 2.67. The molecule has 11 atom stereocenters. The van der Waals surface area contributed by atoms with Crippen molar-refractivity contribution in [3.8, 4) is 0 Å². The Hall–Kier alpha value is -3.54. The molecule has 0 saturated heterocycles. The summed E-state index contributed by atoms with van der Waals surface area (Å²) in [6, 6.07) is 6.99. The minimum absolute atomic E-state index is 0.0450. The molecule has 3 fully saturated rings. The topological polar surface area (TPSA) is 107 Å². The number of hydrogen-bond acceptors (Lipinski definition) is 9. The highest BCUT2D eigenvalue weighted by atomic mass is 19.4. The highest BCUT2D eigenvalue weighted by molar-refractivity contribution is 5.83. The van der Waals surface area contributed by atoms with Crippen molar-refractivity contribution in [2.75, 3.05) is 21.3 Å². The number of benzene rings is 1. The zero-order valence-electron chi connectivity index (χ0n) is 35.1. The third kappa shape index (κ3) is 8.35. The molecule has 0 aromatic heterocycles. The molecule has 0 aliphatic heterocycles. The number of rotatable bonds is 14. The molecule has 1 aromatic rings. The van der Waals surface area contributed by atoms with E-state index in [1.165, 1.54) is 44.1 Å². The Bertz CT molecular complexity index is 1640. The number of alkyl halides is 3. The molecular formula is C45H63F3O9. The minimum atomic E-state index is -5.05. The van der Waals surface area contributed by atoms with Crippen molar-refractivity contribution < 1.29 is 56.0 Å². The van der Waals surface area contributed by atoms with E-state index in [2.05, 4.69) is 39.8 Å². The molecule has 12 heteroatoms. The standard InChI is InChI=1S/C45H63F3O9/c1-10-11-15-29(24-37(27(2)3)56-39(49)44(54-9,45(46,47)48)30-16-13-12-14-17-30)28(4)34-20-21-35-33-19-18-31-25-32(55-40(50)52-7)26-38(57-41(51)53-8)43(31,6)36(33)22-23-42(34,35)5/h12-14,16-19,27-29,32,34-38H,10-11,15,20-26H2,1-9H3/t28-,29+,32-,34-,35+,36+,37+,38+,42-,43+,44+/m1/s1. The summed E-state index contributed by atoms with van der Waals surface area (Å²) in [6.45, 7) is 12.8. The molecule has 1 aromatic carbocycles. The molecule has 57 heavy (non-hydrogen) atoms. The van der Waals surface area contributed by atoms with Crippen LogP contribution in [-0.2, 0) is 38.8 Å². The van der Waals surface area contributed by atoms with E-state index < -0.39 is 53.8 Å². The molecule has 4 aliphatic carbocycles. The van der Waals surface area contributed by atoms with Crippen LogP contribution in [0.5, 0.6) is 0 Å². The predicted octanol–water partition coefficient (Wildman–Crippen LogP) is 10.9. The normalized spacial score (nSPS) is 30.9. The van der Waals surface area contributed by atoms with Gasteiger partial charge in [0.1, 0.15) is 18.3 Å². The number of carbonyl (C=O) groups is 3. The number of halogens is 3. The third-order valence-corrected chi connectivity index (χ3v) is 14.5. The number of carbonyl (C=O) groups excluding carboxylic acids is 3. The molecular weight excluding hydrogens is 741 g/mol. The maximum absolute atomic E-state index is 14.8. The van der Waals surface area contributed by atoms with Crippen LogP contribution in [0.3, 0.4) is 0 Å². The van der Waals surface area contributed by atoms with E-state index in [0.717, 1.165) is 57.6 Å². The van der Waals surface area contributed by atoms with E-state index in [1.54, 1.807) is 6.07 Å². The van der Waals surface area contributed by atoms with Gasteiger partial charge in [-0.05, 0) is 73.0 Å². The molecule has 3 saturated carbocycles. The molecule has 0 bridgehead atoms. The number of allylic oxidation sites excluding steroid dienone is 3. The number of fused-ring (bicyclic) bond motifs is 5. The van der Waals surface area contributed by atoms with Gasteiger partial charge in [-0.2, -0.15) is 13.2 Å². The molecule has 5 rings (SSSR count). The lowest BCUT2D eigenvalue weighted by molar-refractivity contribution is -0.279. The summed E-state index contributed by atoms with van der Waals surface area (Å²) in [7, 11) is 3.45. The SMILES string of the molecule is CCCC[C@@H](C[C@H](OC(=O)[C@@](OC)(c1ccccc1)C(F)(F)F)C(C)C)[C@@H](C)[C@H]1CC[C@H]2C3=CC=C4C[C@@H](OC(=O)OC)C[C@H](OC(=O)OC)[C@]4(C)[C@H]3CC[C@]12C. The maximum atomic E-state index is 14.8. The predicted molar refractivity (Wildman–Crippen MR) is 208 cm³/mol. The van der Waals surface area contributed by atoms with Crippen molar-refractivity contribution in [1.29, 1.82) is 0 Å². The Labute approximate surface area is 336 Å². The number of esters is 1. The van der Waals surface area contributed by atoms with Gasteiger partial charge in [-0.3, -0.25) is 0 Å². The molecule has 0 amide bonds. The van der Waals surface area contributed by atoms with Gasteiger partial charge in [0.05, 0.1) is 14.2 Å². The lowest BCUT2D eigenvalue weighted by Crippen LogP contribution is -2.54. The van der Waals surface area contributed by atoms with Gasteiger partial charge in [0.15, 0.2) is 0 Å². The Balaban J connectivity index is 1.41. The molecule has 0 spiro atoms. The van der Waals surface area contributed by atoms with Crippen molar-refractivity contribution in [2.24, 2.45) is 46.3 Å². The third-order valence-electron chi connectivity index (χ3n) is 14.5. The van der Waals surface area contributed by atoms with Gasteiger partial charge in [-0.25, -0.2) is 14.4 Å². The van der Waals surface area contributed by atoms with Crippen molar-refractivity contribution >= 4 is 18.3 Å². The fourth-order valence-electron chi connectivity index (χ4n) is 11.3. The summed E-state index contributed by atoms with van der Waals surface area (Å²) >= 11 is 0. The van der Waals surface area contributed by atoms with E-state index in [1.807, 2.05) is 13.8 Å². The second-order valence-electron chi connectivity index (χ2n) is 17.6. The van der Waals surface area contributed by atoms with Gasteiger partial charge in [-0.15, -0.1) is 0 Å². The quantitative estimate of drug-likeness (QED) is 0.134. The zero-order valence-corrected chi connectivity index (χ0v) is 35.1. The summed E-state index contributed by atoms with van der Waals surface area (Å²) in [4.78, 5) is 38.5. The number of hydrogen-bond donors (Lipinski definition) is 0. The first-order valence-electron chi connectivity index (χ1n) is 20.7. The van der Waals surface area contributed by atoms with Crippen LogP contribution >= 0.6 is 0 Å². The lowest BCUT2D eigenvalue weighted by Gasteiger charge is -2.57. The van der Waals surface area contributed by atoms with Crippen LogP contribution in [0.4, 0.5) is 22.8 Å². The minimum Gasteiger partial charge on any atom is -0.459 e. The van der Waals surface area contributed by atoms with Crippen molar-refractivity contribution in [1.82, 2.24) is 0 Å². The zero-order chi connectivity index (χ0) is 41.9. The Morgan fingerprint density at radius 1 is 0.895 bits per heavy atom. The van der Waals surface area contributed by atoms with Crippen molar-refractivity contribution in [3.63, 3.8) is 0 Å². The summed E-state index contributed by atoms with van der Waals surface area (Å²) in [6.07, 6.45) is 3.83. The number of methoxy groups -OCH3 is 3. The van der Waals surface area contributed by atoms with Crippen LogP contribution < -0.4 is 0 Å². The second kappa shape index (κ2) is 17.8. The van der Waals surface area contributed by atoms with Gasteiger partial charge in [0, 0.05) is 30.9 Å². The van der Waals surface area contributed by atoms with E-state index in [0.29, 0.717) is 25.2 Å². The monoisotopic (exact) mass is 804 g/mol. The largest absolute Gasteiger partial charge is 0.508 e. The number of unbranched alkanes of at least 4 members (excludes halogenated alkanes) is 1. The molecule has 0 heterocycles. The first-order valence-corrected chi connectivity index (χ1v) is 20.7. The van der Waals surface area contributed by atoms with Gasteiger partial charge in [0.25, 0.3) is 5.60 Å². The van der Waals surface area contributed by atoms with E-state index in [9.17, 15) is 27.6 Å². The Kier molecular flexibility index (Phi) is 13.9. The van der Waals surface area contributed by atoms with Gasteiger partial charge >= 0.3 is 24.5 Å². The fourth-order valence-corrected chi connectivity index (χ4v) is 11.3. The highest BCUT2D eigenvalue weighted by Gasteiger charge is 2.65. The van der Waals surface area contributed by atoms with E-state index in [-0.39, 0.29) is 40.6 Å². The van der Waals surface area contributed by atoms with Crippen LogP contribution in [0.15, 0.2) is 53.6 Å². The average molecular weight is 805 g/mol. The lowest BCUT2D eigenvalue weighted by atomic mass is 9.49. The smallest absolute Gasteiger partial charge is 0.459 e. The molecule has 9 nitrogen and oxygen atoms in total. The average Bonchev–Trinajstić information content (AvgIpc) is 3.53. The van der Waals surface area contributed by atoms with Crippen molar-refractivity contribution in [2.45, 2.75) is 136 Å². The molecule has 0 unspecified atom stereocenters. The van der Waals surface area contributed by atoms with Crippen molar-refractivity contribution in [3.05, 3.63) is 59.2 Å². The number of ether oxygens (including phenoxy) is 6. The van der Waals surface area contributed by atoms with Gasteiger partial charge in [0.2, 0.25) is 0 Å². The molecule has 0 radical (unpaired) electrons. The maximum Gasteiger partial charge on any atom is 0.508 e. The van der Waals surface area contributed by atoms with Crippen LogP contribution in [0, 0.1) is 46.3 Å². The Morgan fingerprint density at radius 2 is 1.56 bits per heavy atom. The first-order chi connectivity index (χ1) is 26.9. The fraction of sp³-hybridized carbons (Fsp3) is 0.711. The van der Waals surface area contributed by atoms with Crippen LogP contribution in [0.25, 0.3) is 0 Å². The van der Waals surface area contributed by atoms with Crippen LogP contribution in [0.1, 0.15) is 111 Å². The summed E-state index contributed by atoms with van der Waals surface area (Å²) in [5.41, 5.74) is -1.70. The van der Waals surface area contributed by atoms with Crippen LogP contribution in [0.2, 0.25) is 0 Å². The first kappa shape index (κ1) is 44.6. The van der Waals surface area contributed by atoms with E-state index >= 15 is 0 Å². The summed E-state index contributed by atoms with van der Waals surface area (Å²) in [5, 5.41) is 0. The van der Waals surface area contributed by atoms with Crippen LogP contribution in [-0.4, -0.2) is 64.1 Å². The Morgan fingerprint density at radius 3 is 2.16 bits per heavy atom. The molecule has 318 valence electrons. The summed E-state index contributed by atoms with van der Waals surface area (Å²) < 4.78 is 76.8. The molecule has 0 N–H and O–H groups in total. The summed E-state index contributed by atoms with van der Waals surface area (Å²) in [5.74, 6) is -0.634. The van der Waals surface area contributed by atoms with Gasteiger partial charge in [-0.1, -0.05) is 114 Å².